The van der Waals surface area contributed by atoms with Gasteiger partial charge in [-0.3, -0.25) is 4.79 Å². The van der Waals surface area contributed by atoms with Crippen molar-refractivity contribution in [1.82, 2.24) is 10.2 Å². The summed E-state index contributed by atoms with van der Waals surface area (Å²) in [5.74, 6) is -0.139. The smallest absolute Gasteiger partial charge is 0.307 e. The molecule has 4 nitrogen and oxygen atoms in total. The van der Waals surface area contributed by atoms with Crippen LogP contribution in [-0.2, 0) is 9.53 Å². The third kappa shape index (κ3) is 3.32. The van der Waals surface area contributed by atoms with Gasteiger partial charge in [0, 0.05) is 25.2 Å². The molecule has 0 saturated carbocycles. The molecule has 1 N–H and O–H groups in total. The average Bonchev–Trinajstić information content (AvgIpc) is 2.02. The number of hydrogen-bond donors (Lipinski definition) is 1. The van der Waals surface area contributed by atoms with Crippen LogP contribution in [0.25, 0.3) is 0 Å². The van der Waals surface area contributed by atoms with E-state index >= 15 is 0 Å². The van der Waals surface area contributed by atoms with Gasteiger partial charge in [-0.25, -0.2) is 0 Å². The third-order valence-electron chi connectivity index (χ3n) is 2.28. The lowest BCUT2D eigenvalue weighted by atomic mass is 10.1. The second-order valence-electron chi connectivity index (χ2n) is 3.77. The number of hydrogen-bond acceptors (Lipinski definition) is 4. The summed E-state index contributed by atoms with van der Waals surface area (Å²) >= 11 is 0. The molecule has 0 aromatic carbocycles. The van der Waals surface area contributed by atoms with E-state index in [1.54, 1.807) is 0 Å². The molecule has 0 spiro atoms. The first-order valence-electron chi connectivity index (χ1n) is 4.63. The Labute approximate surface area is 79.2 Å². The van der Waals surface area contributed by atoms with E-state index in [2.05, 4.69) is 28.9 Å². The Hall–Kier alpha value is -0.610. The first-order valence-corrected chi connectivity index (χ1v) is 4.63. The Morgan fingerprint density at radius 3 is 2.85 bits per heavy atom. The van der Waals surface area contributed by atoms with Crippen LogP contribution in [0.3, 0.4) is 0 Å². The van der Waals surface area contributed by atoms with Crippen LogP contribution in [0.5, 0.6) is 0 Å². The molecule has 1 aliphatic heterocycles. The van der Waals surface area contributed by atoms with Crippen molar-refractivity contribution in [1.29, 1.82) is 0 Å². The average molecular weight is 186 g/mol. The molecule has 4 heteroatoms. The topological polar surface area (TPSA) is 41.6 Å². The minimum absolute atomic E-state index is 0.139. The van der Waals surface area contributed by atoms with Crippen molar-refractivity contribution in [3.05, 3.63) is 0 Å². The summed E-state index contributed by atoms with van der Waals surface area (Å²) < 4.78 is 4.63. The van der Waals surface area contributed by atoms with E-state index in [0.717, 1.165) is 13.1 Å². The van der Waals surface area contributed by atoms with Crippen LogP contribution in [0.4, 0.5) is 0 Å². The van der Waals surface area contributed by atoms with Crippen LogP contribution in [-0.4, -0.2) is 50.2 Å². The van der Waals surface area contributed by atoms with Crippen LogP contribution in [0, 0.1) is 0 Å². The van der Waals surface area contributed by atoms with E-state index in [1.807, 2.05) is 0 Å². The van der Waals surface area contributed by atoms with E-state index in [4.69, 9.17) is 0 Å². The third-order valence-corrected chi connectivity index (χ3v) is 2.28. The number of carbonyl (C=O) groups excluding carboxylic acids is 1. The van der Waals surface area contributed by atoms with Crippen molar-refractivity contribution in [3.63, 3.8) is 0 Å². The summed E-state index contributed by atoms with van der Waals surface area (Å²) in [7, 11) is 3.50. The normalized spacial score (nSPS) is 30.1. The zero-order chi connectivity index (χ0) is 9.84. The number of ether oxygens (including phenoxy) is 1. The van der Waals surface area contributed by atoms with Crippen molar-refractivity contribution in [2.45, 2.75) is 25.4 Å². The second kappa shape index (κ2) is 4.58. The van der Waals surface area contributed by atoms with Gasteiger partial charge < -0.3 is 15.0 Å². The predicted octanol–water partition coefficient (Wildman–Crippen LogP) is -0.158. The Kier molecular flexibility index (Phi) is 3.69. The molecule has 1 saturated heterocycles. The van der Waals surface area contributed by atoms with Crippen LogP contribution in [0.2, 0.25) is 0 Å². The van der Waals surface area contributed by atoms with Gasteiger partial charge in [-0.05, 0) is 14.0 Å². The van der Waals surface area contributed by atoms with E-state index in [0.29, 0.717) is 12.5 Å². The van der Waals surface area contributed by atoms with Gasteiger partial charge in [-0.2, -0.15) is 0 Å². The fraction of sp³-hybridized carbons (Fsp3) is 0.889. The van der Waals surface area contributed by atoms with Gasteiger partial charge >= 0.3 is 5.97 Å². The van der Waals surface area contributed by atoms with E-state index in [-0.39, 0.29) is 12.0 Å². The van der Waals surface area contributed by atoms with Crippen molar-refractivity contribution >= 4 is 5.97 Å². The van der Waals surface area contributed by atoms with Crippen molar-refractivity contribution < 1.29 is 9.53 Å². The van der Waals surface area contributed by atoms with E-state index in [9.17, 15) is 4.79 Å². The van der Waals surface area contributed by atoms with Crippen molar-refractivity contribution in [2.24, 2.45) is 0 Å². The van der Waals surface area contributed by atoms with Crippen LogP contribution < -0.4 is 5.32 Å². The number of carbonyl (C=O) groups is 1. The molecule has 1 fully saturated rings. The zero-order valence-corrected chi connectivity index (χ0v) is 8.54. The van der Waals surface area contributed by atoms with E-state index < -0.39 is 0 Å². The zero-order valence-electron chi connectivity index (χ0n) is 8.54. The molecule has 1 aliphatic rings. The number of likely N-dealkylation sites (N-methyl/N-ethyl adjacent to an activating group) is 1. The molecule has 2 atom stereocenters. The Morgan fingerprint density at radius 1 is 1.62 bits per heavy atom. The number of nitrogens with zero attached hydrogens (tertiary/aromatic N) is 1. The maximum atomic E-state index is 11.0. The molecular formula is C9H18N2O2. The maximum Gasteiger partial charge on any atom is 0.307 e. The second-order valence-corrected chi connectivity index (χ2v) is 3.77. The predicted molar refractivity (Wildman–Crippen MR) is 50.5 cm³/mol. The summed E-state index contributed by atoms with van der Waals surface area (Å²) in [5, 5.41) is 3.37. The SMILES string of the molecule is COC(=O)CC1CN(C)CC(C)N1. The highest BCUT2D eigenvalue weighted by Gasteiger charge is 2.23. The van der Waals surface area contributed by atoms with Crippen molar-refractivity contribution in [3.8, 4) is 0 Å². The lowest BCUT2D eigenvalue weighted by Gasteiger charge is -2.34. The summed E-state index contributed by atoms with van der Waals surface area (Å²) in [6.45, 7) is 4.08. The van der Waals surface area contributed by atoms with Gasteiger partial charge in [0.15, 0.2) is 0 Å². The number of piperazine rings is 1. The fourth-order valence-corrected chi connectivity index (χ4v) is 1.83. The summed E-state index contributed by atoms with van der Waals surface area (Å²) in [6.07, 6.45) is 0.463. The summed E-state index contributed by atoms with van der Waals surface area (Å²) in [6, 6.07) is 0.689. The van der Waals surface area contributed by atoms with Crippen LogP contribution in [0.15, 0.2) is 0 Å². The van der Waals surface area contributed by atoms with Crippen LogP contribution >= 0.6 is 0 Å². The molecule has 1 heterocycles. The molecule has 0 bridgehead atoms. The number of rotatable bonds is 2. The molecule has 1 rings (SSSR count). The Morgan fingerprint density at radius 2 is 2.31 bits per heavy atom. The molecule has 0 radical (unpaired) electrons. The molecular weight excluding hydrogens is 168 g/mol. The first kappa shape index (κ1) is 10.5. The highest BCUT2D eigenvalue weighted by atomic mass is 16.5. The monoisotopic (exact) mass is 186 g/mol. The number of nitrogens with one attached hydrogen (secondary N) is 1. The highest BCUT2D eigenvalue weighted by molar-refractivity contribution is 5.69. The van der Waals surface area contributed by atoms with Gasteiger partial charge in [0.25, 0.3) is 0 Å². The highest BCUT2D eigenvalue weighted by Crippen LogP contribution is 2.05. The number of methoxy groups -OCH3 is 1. The molecule has 0 aliphatic carbocycles. The Bertz CT molecular complexity index is 174. The largest absolute Gasteiger partial charge is 0.469 e. The lowest BCUT2D eigenvalue weighted by molar-refractivity contribution is -0.141. The number of esters is 1. The Balaban J connectivity index is 2.37. The van der Waals surface area contributed by atoms with Gasteiger partial charge in [-0.15, -0.1) is 0 Å². The maximum absolute atomic E-state index is 11.0. The minimum atomic E-state index is -0.139. The minimum Gasteiger partial charge on any atom is -0.469 e. The van der Waals surface area contributed by atoms with Gasteiger partial charge in [-0.1, -0.05) is 0 Å². The quantitative estimate of drug-likeness (QED) is 0.609. The summed E-state index contributed by atoms with van der Waals surface area (Å²) in [5.41, 5.74) is 0. The molecule has 0 aromatic heterocycles. The van der Waals surface area contributed by atoms with Crippen LogP contribution in [0.1, 0.15) is 13.3 Å². The molecule has 76 valence electrons. The molecule has 0 amide bonds. The lowest BCUT2D eigenvalue weighted by Crippen LogP contribution is -2.54. The van der Waals surface area contributed by atoms with Gasteiger partial charge in [0.1, 0.15) is 0 Å². The standard InChI is InChI=1S/C9H18N2O2/c1-7-5-11(2)6-8(10-7)4-9(12)13-3/h7-8,10H,4-6H2,1-3H3. The first-order chi connectivity index (χ1) is 6.11. The molecule has 13 heavy (non-hydrogen) atoms. The van der Waals surface area contributed by atoms with E-state index in [1.165, 1.54) is 7.11 Å². The molecule has 2 unspecified atom stereocenters. The van der Waals surface area contributed by atoms with Gasteiger partial charge in [0.05, 0.1) is 13.5 Å². The summed E-state index contributed by atoms with van der Waals surface area (Å²) in [4.78, 5) is 13.2. The molecule has 0 aromatic rings. The fourth-order valence-electron chi connectivity index (χ4n) is 1.83. The van der Waals surface area contributed by atoms with Crippen molar-refractivity contribution in [2.75, 3.05) is 27.2 Å². The van der Waals surface area contributed by atoms with Gasteiger partial charge in [0.2, 0.25) is 0 Å².